The van der Waals surface area contributed by atoms with E-state index in [1.807, 2.05) is 6.07 Å². The lowest BCUT2D eigenvalue weighted by Gasteiger charge is -2.26. The molecule has 1 atom stereocenters. The fraction of sp³-hybridized carbons (Fsp3) is 0.632. The number of amides is 1. The molecule has 0 heterocycles. The van der Waals surface area contributed by atoms with E-state index < -0.39 is 23.0 Å². The van der Waals surface area contributed by atoms with Crippen molar-refractivity contribution in [3.05, 3.63) is 18.2 Å². The first-order valence-corrected chi connectivity index (χ1v) is 10.7. The van der Waals surface area contributed by atoms with Gasteiger partial charge in [-0.15, -0.1) is 0 Å². The molecule has 1 saturated carbocycles. The fourth-order valence-corrected chi connectivity index (χ4v) is 3.72. The lowest BCUT2D eigenvalue weighted by Crippen LogP contribution is -2.38. The van der Waals surface area contributed by atoms with Gasteiger partial charge in [-0.05, 0) is 51.8 Å². The second-order valence-corrected chi connectivity index (χ2v) is 8.91. The molecule has 1 aromatic carbocycles. The summed E-state index contributed by atoms with van der Waals surface area (Å²) in [4.78, 5) is 11.7. The van der Waals surface area contributed by atoms with Crippen LogP contribution in [0.2, 0.25) is 0 Å². The van der Waals surface area contributed by atoms with Crippen LogP contribution in [0.25, 0.3) is 0 Å². The van der Waals surface area contributed by atoms with Gasteiger partial charge in [0.05, 0.1) is 23.6 Å². The van der Waals surface area contributed by atoms with Crippen molar-refractivity contribution in [3.63, 3.8) is 0 Å². The van der Waals surface area contributed by atoms with Gasteiger partial charge in [0.15, 0.2) is 0 Å². The molecule has 9 heteroatoms. The first-order chi connectivity index (χ1) is 13.2. The number of ether oxygens (including phenoxy) is 1. The summed E-state index contributed by atoms with van der Waals surface area (Å²) in [6, 6.07) is 5.68. The van der Waals surface area contributed by atoms with Crippen molar-refractivity contribution in [2.75, 3.05) is 28.4 Å². The van der Waals surface area contributed by atoms with E-state index in [-0.39, 0.29) is 13.1 Å². The third kappa shape index (κ3) is 7.20. The van der Waals surface area contributed by atoms with Gasteiger partial charge in [0, 0.05) is 12.6 Å². The molecule has 1 aliphatic carbocycles. The maximum absolute atomic E-state index is 11.8. The largest absolute Gasteiger partial charge is 0.444 e. The minimum Gasteiger partial charge on any atom is -0.444 e. The number of carbonyl (C=O) groups excluding carboxylic acids is 1. The predicted molar refractivity (Wildman–Crippen MR) is 114 cm³/mol. The molecule has 1 unspecified atom stereocenters. The Morgan fingerprint density at radius 3 is 2.57 bits per heavy atom. The number of alkyl carbamates (subject to hydrolysis) is 1. The van der Waals surface area contributed by atoms with E-state index in [4.69, 9.17) is 10.5 Å². The van der Waals surface area contributed by atoms with Crippen molar-refractivity contribution in [3.8, 4) is 0 Å². The molecule has 0 saturated heterocycles. The minimum atomic E-state index is -2.24. The van der Waals surface area contributed by atoms with Gasteiger partial charge in [0.2, 0.25) is 0 Å². The third-order valence-corrected chi connectivity index (χ3v) is 5.23. The molecule has 5 N–H and O–H groups in total. The van der Waals surface area contributed by atoms with Crippen molar-refractivity contribution in [1.82, 2.24) is 5.32 Å². The number of benzene rings is 1. The number of nitrogens with zero attached hydrogens (tertiary/aromatic N) is 1. The van der Waals surface area contributed by atoms with Crippen molar-refractivity contribution in [2.24, 2.45) is 0 Å². The van der Waals surface area contributed by atoms with E-state index in [2.05, 4.69) is 10.6 Å². The number of carbonyl (C=O) groups is 1. The summed E-state index contributed by atoms with van der Waals surface area (Å²) in [5, 5.41) is 6.05. The van der Waals surface area contributed by atoms with Crippen LogP contribution in [0.3, 0.4) is 0 Å². The number of anilines is 3. The summed E-state index contributed by atoms with van der Waals surface area (Å²) in [5.74, 6) is 0. The van der Waals surface area contributed by atoms with Gasteiger partial charge in [0.25, 0.3) is 11.3 Å². The second-order valence-electron chi connectivity index (χ2n) is 8.01. The Bertz CT molecular complexity index is 687. The summed E-state index contributed by atoms with van der Waals surface area (Å²) >= 11 is -2.24. The van der Waals surface area contributed by atoms with E-state index in [1.165, 1.54) is 23.6 Å². The molecule has 28 heavy (non-hydrogen) atoms. The highest BCUT2D eigenvalue weighted by molar-refractivity contribution is 7.80. The number of rotatable bonds is 7. The molecule has 0 spiro atoms. The van der Waals surface area contributed by atoms with Crippen LogP contribution in [0.5, 0.6) is 0 Å². The van der Waals surface area contributed by atoms with E-state index >= 15 is 0 Å². The highest BCUT2D eigenvalue weighted by atomic mass is 32.2. The molecule has 2 rings (SSSR count). The molecule has 1 fully saturated rings. The predicted octanol–water partition coefficient (Wildman–Crippen LogP) is 3.48. The number of hydrogen-bond acceptors (Lipinski definition) is 5. The average Bonchev–Trinajstić information content (AvgIpc) is 2.60. The zero-order valence-corrected chi connectivity index (χ0v) is 17.7. The Labute approximate surface area is 169 Å². The van der Waals surface area contributed by atoms with Gasteiger partial charge >= 0.3 is 6.09 Å². The molecule has 8 nitrogen and oxygen atoms in total. The van der Waals surface area contributed by atoms with Crippen molar-refractivity contribution < 1.29 is 18.3 Å². The van der Waals surface area contributed by atoms with E-state index in [1.54, 1.807) is 32.9 Å². The Hall–Kier alpha value is -2.00. The average molecular weight is 413 g/mol. The van der Waals surface area contributed by atoms with Crippen LogP contribution in [0.1, 0.15) is 52.9 Å². The molecule has 1 aliphatic rings. The van der Waals surface area contributed by atoms with Gasteiger partial charge < -0.3 is 21.1 Å². The first kappa shape index (κ1) is 22.3. The summed E-state index contributed by atoms with van der Waals surface area (Å²) < 4.78 is 27.8. The number of nitrogens with one attached hydrogen (secondary N) is 2. The zero-order valence-electron chi connectivity index (χ0n) is 16.9. The van der Waals surface area contributed by atoms with Gasteiger partial charge in [-0.2, -0.15) is 0 Å². The van der Waals surface area contributed by atoms with Gasteiger partial charge in [-0.25, -0.2) is 9.00 Å². The number of nitrogen functional groups attached to an aromatic ring is 1. The van der Waals surface area contributed by atoms with Crippen LogP contribution >= 0.6 is 0 Å². The molecule has 158 valence electrons. The summed E-state index contributed by atoms with van der Waals surface area (Å²) in [6.45, 7) is 5.61. The van der Waals surface area contributed by atoms with Crippen LogP contribution < -0.4 is 20.7 Å². The van der Waals surface area contributed by atoms with Gasteiger partial charge in [-0.1, -0.05) is 19.3 Å². The fourth-order valence-electron chi connectivity index (χ4n) is 3.17. The Morgan fingerprint density at radius 1 is 1.32 bits per heavy atom. The maximum atomic E-state index is 11.8. The van der Waals surface area contributed by atoms with Crippen LogP contribution in [0, 0.1) is 0 Å². The molecule has 1 amide bonds. The van der Waals surface area contributed by atoms with Crippen LogP contribution in [-0.2, 0) is 16.0 Å². The summed E-state index contributed by atoms with van der Waals surface area (Å²) in [7, 11) is 0. The van der Waals surface area contributed by atoms with Crippen LogP contribution in [-0.4, -0.2) is 39.6 Å². The quantitative estimate of drug-likeness (QED) is 0.402. The van der Waals surface area contributed by atoms with Crippen LogP contribution in [0.4, 0.5) is 21.9 Å². The SMILES string of the molecule is CC(C)(C)OC(=O)NCCN(c1ccc(NC2CCCCC2)c(N)c1)S(=O)O. The molecule has 0 aromatic heterocycles. The van der Waals surface area contributed by atoms with Gasteiger partial charge in [-0.3, -0.25) is 8.86 Å². The first-order valence-electron chi connectivity index (χ1n) is 9.67. The molecule has 0 radical (unpaired) electrons. The maximum Gasteiger partial charge on any atom is 0.407 e. The van der Waals surface area contributed by atoms with E-state index in [9.17, 15) is 13.6 Å². The second kappa shape index (κ2) is 9.97. The number of hydrogen-bond donors (Lipinski definition) is 4. The molecule has 0 aliphatic heterocycles. The van der Waals surface area contributed by atoms with E-state index in [0.717, 1.165) is 18.5 Å². The van der Waals surface area contributed by atoms with Crippen molar-refractivity contribution >= 4 is 34.4 Å². The molecular formula is C19H32N4O4S. The van der Waals surface area contributed by atoms with Crippen molar-refractivity contribution in [1.29, 1.82) is 0 Å². The standard InChI is InChI=1S/C19H32N4O4S/c1-19(2,3)27-18(24)21-11-12-23(28(25)26)15-9-10-17(16(20)13-15)22-14-7-5-4-6-8-14/h9-10,13-14,22H,4-8,11-12,20H2,1-3H3,(H,21,24)(H,25,26). The minimum absolute atomic E-state index is 0.136. The topological polar surface area (TPSA) is 117 Å². The lowest BCUT2D eigenvalue weighted by molar-refractivity contribution is 0.0529. The summed E-state index contributed by atoms with van der Waals surface area (Å²) in [6.07, 6.45) is 5.41. The molecule has 1 aromatic rings. The summed E-state index contributed by atoms with van der Waals surface area (Å²) in [5.41, 5.74) is 7.44. The zero-order chi connectivity index (χ0) is 20.7. The molecule has 0 bridgehead atoms. The van der Waals surface area contributed by atoms with Crippen molar-refractivity contribution in [2.45, 2.75) is 64.5 Å². The highest BCUT2D eigenvalue weighted by Gasteiger charge is 2.19. The van der Waals surface area contributed by atoms with E-state index in [0.29, 0.717) is 17.4 Å². The third-order valence-electron chi connectivity index (χ3n) is 4.46. The normalized spacial score (nSPS) is 16.3. The Kier molecular flexibility index (Phi) is 7.94. The molecular weight excluding hydrogens is 380 g/mol. The Morgan fingerprint density at radius 2 is 2.00 bits per heavy atom. The number of nitrogens with two attached hydrogens (primary N) is 1. The smallest absolute Gasteiger partial charge is 0.407 e. The highest BCUT2D eigenvalue weighted by Crippen LogP contribution is 2.29. The van der Waals surface area contributed by atoms with Gasteiger partial charge in [0.1, 0.15) is 5.60 Å². The Balaban J connectivity index is 1.96. The monoisotopic (exact) mass is 412 g/mol. The van der Waals surface area contributed by atoms with Crippen LogP contribution in [0.15, 0.2) is 18.2 Å². The lowest BCUT2D eigenvalue weighted by atomic mass is 9.95.